The first-order chi connectivity index (χ1) is 8.60. The number of nitrogens with zero attached hydrogens (tertiary/aromatic N) is 1. The normalized spacial score (nSPS) is 25.1. The van der Waals surface area contributed by atoms with Crippen molar-refractivity contribution in [1.82, 2.24) is 4.90 Å². The van der Waals surface area contributed by atoms with Crippen LogP contribution in [0.4, 0.5) is 0 Å². The maximum Gasteiger partial charge on any atom is 0.123 e. The fraction of sp³-hybridized carbons (Fsp3) is 0.571. The summed E-state index contributed by atoms with van der Waals surface area (Å²) < 4.78 is 5.37. The van der Waals surface area contributed by atoms with Crippen LogP contribution in [-0.4, -0.2) is 31.1 Å². The van der Waals surface area contributed by atoms with E-state index in [-0.39, 0.29) is 6.04 Å². The molecular weight excluding hydrogens is 248 g/mol. The topological polar surface area (TPSA) is 38.5 Å². The molecule has 2 unspecified atom stereocenters. The minimum Gasteiger partial charge on any atom is -0.496 e. The van der Waals surface area contributed by atoms with E-state index in [1.54, 1.807) is 7.11 Å². The van der Waals surface area contributed by atoms with Gasteiger partial charge in [-0.2, -0.15) is 0 Å². The molecule has 4 heteroatoms. The Morgan fingerprint density at radius 2 is 2.28 bits per heavy atom. The smallest absolute Gasteiger partial charge is 0.123 e. The van der Waals surface area contributed by atoms with Crippen LogP contribution in [0, 0.1) is 5.92 Å². The molecule has 18 heavy (non-hydrogen) atoms. The average molecular weight is 269 g/mol. The predicted molar refractivity (Wildman–Crippen MR) is 75.0 cm³/mol. The molecule has 100 valence electrons. The number of likely N-dealkylation sites (tertiary alicyclic amines) is 1. The molecule has 1 saturated heterocycles. The van der Waals surface area contributed by atoms with Gasteiger partial charge in [0.2, 0.25) is 0 Å². The van der Waals surface area contributed by atoms with Crippen LogP contribution < -0.4 is 10.5 Å². The van der Waals surface area contributed by atoms with Crippen molar-refractivity contribution in [3.8, 4) is 5.75 Å². The highest BCUT2D eigenvalue weighted by molar-refractivity contribution is 6.30. The minimum absolute atomic E-state index is 0.268. The van der Waals surface area contributed by atoms with Crippen molar-refractivity contribution in [2.75, 3.05) is 20.2 Å². The first-order valence-electron chi connectivity index (χ1n) is 6.40. The lowest BCUT2D eigenvalue weighted by Gasteiger charge is -2.35. The first-order valence-corrected chi connectivity index (χ1v) is 6.78. The fourth-order valence-corrected chi connectivity index (χ4v) is 2.62. The van der Waals surface area contributed by atoms with Crippen molar-refractivity contribution < 1.29 is 4.74 Å². The van der Waals surface area contributed by atoms with Crippen molar-refractivity contribution in [2.24, 2.45) is 11.7 Å². The molecule has 1 aliphatic rings. The summed E-state index contributed by atoms with van der Waals surface area (Å²) in [6.45, 7) is 5.10. The van der Waals surface area contributed by atoms with Crippen LogP contribution in [-0.2, 0) is 6.54 Å². The van der Waals surface area contributed by atoms with Gasteiger partial charge in [-0.05, 0) is 37.1 Å². The van der Waals surface area contributed by atoms with Gasteiger partial charge >= 0.3 is 0 Å². The highest BCUT2D eigenvalue weighted by atomic mass is 35.5. The molecule has 2 atom stereocenters. The predicted octanol–water partition coefficient (Wildman–Crippen LogP) is 2.52. The Kier molecular flexibility index (Phi) is 4.49. The fourth-order valence-electron chi connectivity index (χ4n) is 2.42. The van der Waals surface area contributed by atoms with Gasteiger partial charge in [-0.1, -0.05) is 18.5 Å². The average Bonchev–Trinajstić information content (AvgIpc) is 2.34. The Bertz CT molecular complexity index is 411. The molecule has 1 fully saturated rings. The van der Waals surface area contributed by atoms with Crippen molar-refractivity contribution in [3.63, 3.8) is 0 Å². The van der Waals surface area contributed by atoms with E-state index in [1.807, 2.05) is 18.2 Å². The van der Waals surface area contributed by atoms with Crippen LogP contribution in [0.5, 0.6) is 5.75 Å². The molecule has 0 radical (unpaired) electrons. The molecule has 1 aromatic carbocycles. The number of nitrogens with two attached hydrogens (primary N) is 1. The quantitative estimate of drug-likeness (QED) is 0.916. The highest BCUT2D eigenvalue weighted by Gasteiger charge is 2.23. The minimum atomic E-state index is 0.268. The van der Waals surface area contributed by atoms with E-state index in [1.165, 1.54) is 0 Å². The zero-order valence-corrected chi connectivity index (χ0v) is 11.8. The Balaban J connectivity index is 2.07. The molecular formula is C14H21ClN2O. The number of hydrogen-bond acceptors (Lipinski definition) is 3. The molecule has 0 amide bonds. The first kappa shape index (κ1) is 13.7. The lowest BCUT2D eigenvalue weighted by molar-refractivity contribution is 0.161. The second-order valence-electron chi connectivity index (χ2n) is 5.12. The van der Waals surface area contributed by atoms with E-state index >= 15 is 0 Å². The molecule has 1 heterocycles. The van der Waals surface area contributed by atoms with Gasteiger partial charge in [0.25, 0.3) is 0 Å². The van der Waals surface area contributed by atoms with Gasteiger partial charge in [0.15, 0.2) is 0 Å². The van der Waals surface area contributed by atoms with Crippen LogP contribution in [0.2, 0.25) is 5.02 Å². The Hall–Kier alpha value is -0.770. The van der Waals surface area contributed by atoms with Crippen molar-refractivity contribution in [2.45, 2.75) is 25.9 Å². The number of piperidine rings is 1. The summed E-state index contributed by atoms with van der Waals surface area (Å²) in [6, 6.07) is 6.02. The number of methoxy groups -OCH3 is 1. The van der Waals surface area contributed by atoms with Crippen LogP contribution in [0.1, 0.15) is 18.9 Å². The van der Waals surface area contributed by atoms with Crippen molar-refractivity contribution in [3.05, 3.63) is 28.8 Å². The summed E-state index contributed by atoms with van der Waals surface area (Å²) in [5.74, 6) is 1.51. The van der Waals surface area contributed by atoms with Crippen LogP contribution in [0.3, 0.4) is 0 Å². The summed E-state index contributed by atoms with van der Waals surface area (Å²) in [7, 11) is 1.69. The molecule has 0 spiro atoms. The second kappa shape index (κ2) is 5.91. The zero-order chi connectivity index (χ0) is 13.1. The molecule has 1 aromatic rings. The third-order valence-corrected chi connectivity index (χ3v) is 3.97. The van der Waals surface area contributed by atoms with Crippen LogP contribution in [0.25, 0.3) is 0 Å². The van der Waals surface area contributed by atoms with Gasteiger partial charge in [0.05, 0.1) is 7.11 Å². The summed E-state index contributed by atoms with van der Waals surface area (Å²) >= 11 is 6.04. The standard InChI is InChI=1S/C14H21ClN2O/c1-10-5-6-17(9-13(10)16)8-11-7-12(15)3-4-14(11)18-2/h3-4,7,10,13H,5-6,8-9,16H2,1-2H3. The molecule has 3 nitrogen and oxygen atoms in total. The van der Waals surface area contributed by atoms with Crippen LogP contribution >= 0.6 is 11.6 Å². The largest absolute Gasteiger partial charge is 0.496 e. The summed E-state index contributed by atoms with van der Waals surface area (Å²) in [5.41, 5.74) is 7.26. The summed E-state index contributed by atoms with van der Waals surface area (Å²) in [4.78, 5) is 2.37. The van der Waals surface area contributed by atoms with Crippen molar-refractivity contribution in [1.29, 1.82) is 0 Å². The molecule has 0 bridgehead atoms. The number of hydrogen-bond donors (Lipinski definition) is 1. The van der Waals surface area contributed by atoms with E-state index in [0.717, 1.165) is 42.4 Å². The molecule has 2 rings (SSSR count). The third kappa shape index (κ3) is 3.16. The Labute approximate surface area is 114 Å². The highest BCUT2D eigenvalue weighted by Crippen LogP contribution is 2.25. The lowest BCUT2D eigenvalue weighted by Crippen LogP contribution is -2.47. The van der Waals surface area contributed by atoms with Gasteiger partial charge in [-0.25, -0.2) is 0 Å². The molecule has 0 aliphatic carbocycles. The van der Waals surface area contributed by atoms with Gasteiger partial charge in [-0.15, -0.1) is 0 Å². The van der Waals surface area contributed by atoms with E-state index < -0.39 is 0 Å². The summed E-state index contributed by atoms with van der Waals surface area (Å²) in [5, 5.41) is 0.750. The third-order valence-electron chi connectivity index (χ3n) is 3.74. The van der Waals surface area contributed by atoms with E-state index in [0.29, 0.717) is 5.92 Å². The van der Waals surface area contributed by atoms with Crippen LogP contribution in [0.15, 0.2) is 18.2 Å². The Morgan fingerprint density at radius 1 is 1.50 bits per heavy atom. The summed E-state index contributed by atoms with van der Waals surface area (Å²) in [6.07, 6.45) is 1.16. The van der Waals surface area contributed by atoms with Gasteiger partial charge in [0.1, 0.15) is 5.75 Å². The molecule has 1 aliphatic heterocycles. The number of benzene rings is 1. The second-order valence-corrected chi connectivity index (χ2v) is 5.56. The Morgan fingerprint density at radius 3 is 2.94 bits per heavy atom. The van der Waals surface area contributed by atoms with Gasteiger partial charge < -0.3 is 10.5 Å². The number of halogens is 1. The number of ether oxygens (including phenoxy) is 1. The van der Waals surface area contributed by atoms with E-state index in [4.69, 9.17) is 22.1 Å². The van der Waals surface area contributed by atoms with Gasteiger partial charge in [-0.3, -0.25) is 4.90 Å². The molecule has 0 saturated carbocycles. The molecule has 0 aromatic heterocycles. The monoisotopic (exact) mass is 268 g/mol. The maximum atomic E-state index is 6.12. The SMILES string of the molecule is COc1ccc(Cl)cc1CN1CCC(C)C(N)C1. The van der Waals surface area contributed by atoms with Gasteiger partial charge in [0, 0.05) is 29.7 Å². The lowest BCUT2D eigenvalue weighted by atomic mass is 9.94. The zero-order valence-electron chi connectivity index (χ0n) is 11.0. The number of rotatable bonds is 3. The van der Waals surface area contributed by atoms with Crippen molar-refractivity contribution >= 4 is 11.6 Å². The van der Waals surface area contributed by atoms with E-state index in [9.17, 15) is 0 Å². The maximum absolute atomic E-state index is 6.12. The molecule has 2 N–H and O–H groups in total. The van der Waals surface area contributed by atoms with E-state index in [2.05, 4.69) is 11.8 Å².